The van der Waals surface area contributed by atoms with Crippen molar-refractivity contribution in [2.75, 3.05) is 12.3 Å². The van der Waals surface area contributed by atoms with Crippen LogP contribution >= 0.6 is 11.8 Å². The molecule has 6 heteroatoms. The Morgan fingerprint density at radius 3 is 2.95 bits per heavy atom. The van der Waals surface area contributed by atoms with E-state index in [-0.39, 0.29) is 5.91 Å². The number of nitrogens with one attached hydrogen (secondary N) is 1. The Balaban J connectivity index is 2.25. The van der Waals surface area contributed by atoms with Crippen LogP contribution in [0, 0.1) is 0 Å². The second kappa shape index (κ2) is 6.19. The van der Waals surface area contributed by atoms with Crippen molar-refractivity contribution in [3.8, 4) is 0 Å². The topological polar surface area (TPSA) is 80.9 Å². The molecule has 0 saturated carbocycles. The van der Waals surface area contributed by atoms with Crippen molar-refractivity contribution in [1.82, 2.24) is 15.3 Å². The molecule has 2 aromatic rings. The van der Waals surface area contributed by atoms with Gasteiger partial charge in [0.2, 0.25) is 0 Å². The normalized spacial score (nSPS) is 10.2. The molecule has 0 saturated heterocycles. The van der Waals surface area contributed by atoms with Gasteiger partial charge in [-0.05, 0) is 25.1 Å². The van der Waals surface area contributed by atoms with Gasteiger partial charge in [-0.25, -0.2) is 4.98 Å². The first-order chi connectivity index (χ1) is 9.20. The van der Waals surface area contributed by atoms with Gasteiger partial charge in [0.15, 0.2) is 0 Å². The predicted molar refractivity (Wildman–Crippen MR) is 75.0 cm³/mol. The SMILES string of the molecule is CCNC(=O)c1ccc(N)c(Sc2cnccn2)c1. The minimum absolute atomic E-state index is 0.108. The molecular weight excluding hydrogens is 260 g/mol. The number of nitrogen functional groups attached to an aromatic ring is 1. The fourth-order valence-corrected chi connectivity index (χ4v) is 2.30. The Morgan fingerprint density at radius 2 is 2.26 bits per heavy atom. The summed E-state index contributed by atoms with van der Waals surface area (Å²) in [5.41, 5.74) is 7.11. The van der Waals surface area contributed by atoms with Gasteiger partial charge in [-0.3, -0.25) is 9.78 Å². The first-order valence-electron chi connectivity index (χ1n) is 5.82. The molecular formula is C13H14N4OS. The molecule has 1 amide bonds. The summed E-state index contributed by atoms with van der Waals surface area (Å²) in [6, 6.07) is 5.20. The molecule has 0 aliphatic heterocycles. The lowest BCUT2D eigenvalue weighted by atomic mass is 10.2. The number of hydrogen-bond acceptors (Lipinski definition) is 5. The van der Waals surface area contributed by atoms with Crippen molar-refractivity contribution in [2.45, 2.75) is 16.8 Å². The number of aromatic nitrogens is 2. The molecule has 0 aliphatic carbocycles. The van der Waals surface area contributed by atoms with Crippen molar-refractivity contribution in [3.05, 3.63) is 42.4 Å². The van der Waals surface area contributed by atoms with E-state index in [2.05, 4.69) is 15.3 Å². The van der Waals surface area contributed by atoms with E-state index in [1.165, 1.54) is 11.8 Å². The molecule has 2 rings (SSSR count). The fraction of sp³-hybridized carbons (Fsp3) is 0.154. The summed E-state index contributed by atoms with van der Waals surface area (Å²) >= 11 is 1.39. The highest BCUT2D eigenvalue weighted by Crippen LogP contribution is 2.31. The molecule has 0 unspecified atom stereocenters. The van der Waals surface area contributed by atoms with Crippen LogP contribution in [-0.2, 0) is 0 Å². The summed E-state index contributed by atoms with van der Waals surface area (Å²) < 4.78 is 0. The first-order valence-corrected chi connectivity index (χ1v) is 6.64. The number of benzene rings is 1. The van der Waals surface area contributed by atoms with Crippen molar-refractivity contribution < 1.29 is 4.79 Å². The monoisotopic (exact) mass is 274 g/mol. The molecule has 98 valence electrons. The van der Waals surface area contributed by atoms with E-state index in [9.17, 15) is 4.79 Å². The van der Waals surface area contributed by atoms with E-state index in [0.717, 1.165) is 9.92 Å². The number of rotatable bonds is 4. The average Bonchev–Trinajstić information content (AvgIpc) is 2.42. The molecule has 0 radical (unpaired) electrons. The third-order valence-electron chi connectivity index (χ3n) is 2.37. The number of carbonyl (C=O) groups is 1. The average molecular weight is 274 g/mol. The van der Waals surface area contributed by atoms with E-state index >= 15 is 0 Å². The van der Waals surface area contributed by atoms with Gasteiger partial charge in [-0.2, -0.15) is 0 Å². The van der Waals surface area contributed by atoms with Crippen LogP contribution < -0.4 is 11.1 Å². The molecule has 19 heavy (non-hydrogen) atoms. The van der Waals surface area contributed by atoms with Crippen LogP contribution in [-0.4, -0.2) is 22.4 Å². The summed E-state index contributed by atoms with van der Waals surface area (Å²) in [5.74, 6) is -0.108. The van der Waals surface area contributed by atoms with Crippen LogP contribution in [0.1, 0.15) is 17.3 Å². The lowest BCUT2D eigenvalue weighted by Gasteiger charge is -2.07. The molecule has 5 nitrogen and oxygen atoms in total. The number of hydrogen-bond donors (Lipinski definition) is 2. The maximum absolute atomic E-state index is 11.8. The Labute approximate surface area is 115 Å². The van der Waals surface area contributed by atoms with Crippen molar-refractivity contribution in [1.29, 1.82) is 0 Å². The van der Waals surface area contributed by atoms with E-state index in [1.807, 2.05) is 6.92 Å². The summed E-state index contributed by atoms with van der Waals surface area (Å²) in [6.07, 6.45) is 4.88. The maximum atomic E-state index is 11.8. The molecule has 1 heterocycles. The van der Waals surface area contributed by atoms with Gasteiger partial charge < -0.3 is 11.1 Å². The highest BCUT2D eigenvalue weighted by Gasteiger charge is 2.09. The van der Waals surface area contributed by atoms with Gasteiger partial charge in [-0.1, -0.05) is 11.8 Å². The number of nitrogens with two attached hydrogens (primary N) is 1. The molecule has 1 aromatic carbocycles. The second-order valence-electron chi connectivity index (χ2n) is 3.76. The summed E-state index contributed by atoms with van der Waals surface area (Å²) in [4.78, 5) is 20.7. The lowest BCUT2D eigenvalue weighted by Crippen LogP contribution is -2.22. The van der Waals surface area contributed by atoms with Gasteiger partial charge in [0.1, 0.15) is 5.03 Å². The highest BCUT2D eigenvalue weighted by atomic mass is 32.2. The predicted octanol–water partition coefficient (Wildman–Crippen LogP) is 1.96. The third-order valence-corrected chi connectivity index (χ3v) is 3.36. The molecule has 0 bridgehead atoms. The summed E-state index contributed by atoms with van der Waals surface area (Å²) in [7, 11) is 0. The van der Waals surface area contributed by atoms with Crippen molar-refractivity contribution in [2.24, 2.45) is 0 Å². The van der Waals surface area contributed by atoms with Crippen molar-refractivity contribution in [3.63, 3.8) is 0 Å². The van der Waals surface area contributed by atoms with Crippen LogP contribution in [0.15, 0.2) is 46.7 Å². The standard InChI is InChI=1S/C13H14N4OS/c1-2-16-13(18)9-3-4-10(14)11(7-9)19-12-8-15-5-6-17-12/h3-8H,2,14H2,1H3,(H,16,18). The quantitative estimate of drug-likeness (QED) is 0.833. The van der Waals surface area contributed by atoms with Crippen LogP contribution in [0.2, 0.25) is 0 Å². The Morgan fingerprint density at radius 1 is 1.42 bits per heavy atom. The van der Waals surface area contributed by atoms with Gasteiger partial charge in [0.05, 0.1) is 6.20 Å². The zero-order valence-corrected chi connectivity index (χ0v) is 11.3. The maximum Gasteiger partial charge on any atom is 0.251 e. The van der Waals surface area contributed by atoms with Gasteiger partial charge in [0.25, 0.3) is 5.91 Å². The fourth-order valence-electron chi connectivity index (χ4n) is 1.48. The molecule has 3 N–H and O–H groups in total. The first kappa shape index (κ1) is 13.4. The minimum atomic E-state index is -0.108. The zero-order valence-electron chi connectivity index (χ0n) is 10.5. The molecule has 0 atom stereocenters. The lowest BCUT2D eigenvalue weighted by molar-refractivity contribution is 0.0955. The largest absolute Gasteiger partial charge is 0.398 e. The zero-order chi connectivity index (χ0) is 13.7. The highest BCUT2D eigenvalue weighted by molar-refractivity contribution is 7.99. The Kier molecular flexibility index (Phi) is 4.35. The Bertz CT molecular complexity index is 574. The van der Waals surface area contributed by atoms with Crippen LogP contribution in [0.5, 0.6) is 0 Å². The molecule has 1 aromatic heterocycles. The number of amides is 1. The van der Waals surface area contributed by atoms with E-state index in [1.54, 1.807) is 36.8 Å². The second-order valence-corrected chi connectivity index (χ2v) is 4.82. The van der Waals surface area contributed by atoms with Crippen molar-refractivity contribution >= 4 is 23.4 Å². The minimum Gasteiger partial charge on any atom is -0.398 e. The summed E-state index contributed by atoms with van der Waals surface area (Å²) in [6.45, 7) is 2.47. The van der Waals surface area contributed by atoms with Gasteiger partial charge in [0, 0.05) is 35.1 Å². The van der Waals surface area contributed by atoms with Crippen LogP contribution in [0.3, 0.4) is 0 Å². The summed E-state index contributed by atoms with van der Waals surface area (Å²) in [5, 5.41) is 3.49. The molecule has 0 fully saturated rings. The number of anilines is 1. The third kappa shape index (κ3) is 3.45. The van der Waals surface area contributed by atoms with E-state index in [0.29, 0.717) is 17.8 Å². The van der Waals surface area contributed by atoms with E-state index < -0.39 is 0 Å². The van der Waals surface area contributed by atoms with Crippen LogP contribution in [0.25, 0.3) is 0 Å². The van der Waals surface area contributed by atoms with Gasteiger partial charge >= 0.3 is 0 Å². The number of carbonyl (C=O) groups excluding carboxylic acids is 1. The smallest absolute Gasteiger partial charge is 0.251 e. The van der Waals surface area contributed by atoms with Crippen LogP contribution in [0.4, 0.5) is 5.69 Å². The van der Waals surface area contributed by atoms with E-state index in [4.69, 9.17) is 5.73 Å². The number of nitrogens with zero attached hydrogens (tertiary/aromatic N) is 2. The Hall–Kier alpha value is -2.08. The molecule has 0 spiro atoms. The molecule has 0 aliphatic rings. The van der Waals surface area contributed by atoms with Gasteiger partial charge in [-0.15, -0.1) is 0 Å².